The molecule has 0 radical (unpaired) electrons. The zero-order chi connectivity index (χ0) is 19.2. The fraction of sp³-hybridized carbons (Fsp3) is 0.471. The van der Waals surface area contributed by atoms with Crippen molar-refractivity contribution < 1.29 is 14.0 Å². The molecule has 1 heterocycles. The van der Waals surface area contributed by atoms with Gasteiger partial charge in [-0.05, 0) is 48.4 Å². The molecule has 0 saturated heterocycles. The first kappa shape index (κ1) is 19.3. The zero-order valence-electron chi connectivity index (χ0n) is 14.9. The second kappa shape index (κ2) is 8.94. The number of thioether (sulfide) groups is 1. The Labute approximate surface area is 160 Å². The Morgan fingerprint density at radius 1 is 1.30 bits per heavy atom. The van der Waals surface area contributed by atoms with E-state index in [1.54, 1.807) is 19.1 Å². The van der Waals surface area contributed by atoms with Crippen molar-refractivity contribution in [2.75, 3.05) is 0 Å². The van der Waals surface area contributed by atoms with Crippen LogP contribution in [0.2, 0.25) is 0 Å². The second-order valence-corrected chi connectivity index (χ2v) is 7.72. The molecular weight excluding hydrogens is 371 g/mol. The number of benzene rings is 1. The van der Waals surface area contributed by atoms with E-state index < -0.39 is 23.0 Å². The van der Waals surface area contributed by atoms with Gasteiger partial charge in [0, 0.05) is 6.04 Å². The first-order valence-corrected chi connectivity index (χ1v) is 9.73. The lowest BCUT2D eigenvalue weighted by Gasteiger charge is -2.23. The first-order chi connectivity index (χ1) is 13.0. The van der Waals surface area contributed by atoms with E-state index in [-0.39, 0.29) is 6.04 Å². The summed E-state index contributed by atoms with van der Waals surface area (Å²) < 4.78 is 14.8. The molecule has 2 aromatic rings. The van der Waals surface area contributed by atoms with Gasteiger partial charge in [0.2, 0.25) is 11.1 Å². The Bertz CT molecular complexity index is 808. The fourth-order valence-electron chi connectivity index (χ4n) is 2.92. The molecule has 0 unspecified atom stereocenters. The summed E-state index contributed by atoms with van der Waals surface area (Å²) in [5.41, 5.74) is 0.449. The number of amides is 3. The number of rotatable bonds is 5. The van der Waals surface area contributed by atoms with Crippen LogP contribution in [0.4, 0.5) is 9.18 Å². The van der Waals surface area contributed by atoms with Crippen LogP contribution in [0.15, 0.2) is 29.4 Å². The topological polar surface area (TPSA) is 102 Å². The third kappa shape index (κ3) is 5.25. The molecule has 1 aliphatic carbocycles. The molecule has 1 aromatic carbocycles. The van der Waals surface area contributed by atoms with Gasteiger partial charge in [-0.3, -0.25) is 10.1 Å². The quantitative estimate of drug-likeness (QED) is 0.758. The number of carbonyl (C=O) groups excluding carboxylic acids is 2. The van der Waals surface area contributed by atoms with Gasteiger partial charge in [0.25, 0.3) is 0 Å². The maximum atomic E-state index is 13.4. The molecule has 0 spiro atoms. The highest BCUT2D eigenvalue weighted by molar-refractivity contribution is 8.00. The maximum absolute atomic E-state index is 13.4. The lowest BCUT2D eigenvalue weighted by Crippen LogP contribution is -2.47. The van der Waals surface area contributed by atoms with Crippen molar-refractivity contribution in [3.63, 3.8) is 0 Å². The number of carbonyl (C=O) groups is 2. The number of nitrogens with one attached hydrogen (secondary N) is 2. The van der Waals surface area contributed by atoms with E-state index in [0.29, 0.717) is 10.8 Å². The van der Waals surface area contributed by atoms with E-state index in [1.807, 2.05) is 0 Å². The number of imide groups is 1. The molecule has 1 saturated carbocycles. The number of nitrogens with zero attached hydrogens (tertiary/aromatic N) is 4. The van der Waals surface area contributed by atoms with Crippen molar-refractivity contribution in [2.24, 2.45) is 0 Å². The Hall–Kier alpha value is -2.49. The van der Waals surface area contributed by atoms with Crippen molar-refractivity contribution in [3.8, 4) is 5.69 Å². The van der Waals surface area contributed by atoms with Gasteiger partial charge in [0.05, 0.1) is 10.9 Å². The summed E-state index contributed by atoms with van der Waals surface area (Å²) in [6.07, 6.45) is 5.25. The highest BCUT2D eigenvalue weighted by atomic mass is 32.2. The molecule has 1 aliphatic rings. The average Bonchev–Trinajstić information content (AvgIpc) is 3.10. The molecule has 1 aromatic heterocycles. The number of hydrogen-bond acceptors (Lipinski definition) is 6. The van der Waals surface area contributed by atoms with Crippen LogP contribution in [-0.4, -0.2) is 43.4 Å². The molecule has 1 fully saturated rings. The minimum Gasteiger partial charge on any atom is -0.335 e. The van der Waals surface area contributed by atoms with E-state index in [1.165, 1.54) is 23.2 Å². The Morgan fingerprint density at radius 2 is 2.07 bits per heavy atom. The van der Waals surface area contributed by atoms with Gasteiger partial charge in [-0.1, -0.05) is 37.1 Å². The molecule has 0 aliphatic heterocycles. The van der Waals surface area contributed by atoms with Crippen LogP contribution in [0.25, 0.3) is 5.69 Å². The number of urea groups is 1. The largest absolute Gasteiger partial charge is 0.335 e. The predicted molar refractivity (Wildman–Crippen MR) is 98.0 cm³/mol. The smallest absolute Gasteiger partial charge is 0.321 e. The van der Waals surface area contributed by atoms with Gasteiger partial charge in [-0.15, -0.1) is 5.10 Å². The van der Waals surface area contributed by atoms with E-state index in [2.05, 4.69) is 26.2 Å². The number of hydrogen-bond donors (Lipinski definition) is 2. The van der Waals surface area contributed by atoms with Crippen LogP contribution < -0.4 is 10.6 Å². The third-order valence-electron chi connectivity index (χ3n) is 4.32. The van der Waals surface area contributed by atoms with E-state index in [0.717, 1.165) is 37.4 Å². The summed E-state index contributed by atoms with van der Waals surface area (Å²) >= 11 is 1.09. The summed E-state index contributed by atoms with van der Waals surface area (Å²) in [4.78, 5) is 24.3. The van der Waals surface area contributed by atoms with Gasteiger partial charge in [0.1, 0.15) is 5.82 Å². The highest BCUT2D eigenvalue weighted by Gasteiger charge is 2.22. The molecule has 1 atom stereocenters. The first-order valence-electron chi connectivity index (χ1n) is 8.85. The van der Waals surface area contributed by atoms with Crippen LogP contribution in [-0.2, 0) is 4.79 Å². The molecule has 3 rings (SSSR count). The van der Waals surface area contributed by atoms with Gasteiger partial charge in [0.15, 0.2) is 0 Å². The van der Waals surface area contributed by atoms with Crippen LogP contribution >= 0.6 is 11.8 Å². The SMILES string of the molecule is C[C@@H](Sc1nnnn1-c1cccc(F)c1)C(=O)NC(=O)NC1CCCCC1. The Morgan fingerprint density at radius 3 is 2.81 bits per heavy atom. The lowest BCUT2D eigenvalue weighted by molar-refractivity contribution is -0.119. The lowest BCUT2D eigenvalue weighted by atomic mass is 9.96. The van der Waals surface area contributed by atoms with Crippen molar-refractivity contribution in [2.45, 2.75) is 55.5 Å². The summed E-state index contributed by atoms with van der Waals surface area (Å²) in [6, 6.07) is 5.46. The average molecular weight is 392 g/mol. The van der Waals surface area contributed by atoms with E-state index in [9.17, 15) is 14.0 Å². The molecule has 0 bridgehead atoms. The van der Waals surface area contributed by atoms with Crippen LogP contribution in [0, 0.1) is 5.82 Å². The van der Waals surface area contributed by atoms with Gasteiger partial charge < -0.3 is 5.32 Å². The molecular formula is C17H21FN6O2S. The third-order valence-corrected chi connectivity index (χ3v) is 5.36. The Kier molecular flexibility index (Phi) is 6.38. The van der Waals surface area contributed by atoms with E-state index in [4.69, 9.17) is 0 Å². The van der Waals surface area contributed by atoms with Crippen LogP contribution in [0.5, 0.6) is 0 Å². The maximum Gasteiger partial charge on any atom is 0.321 e. The minimum absolute atomic E-state index is 0.120. The molecule has 144 valence electrons. The monoisotopic (exact) mass is 392 g/mol. The normalized spacial score (nSPS) is 15.9. The summed E-state index contributed by atoms with van der Waals surface area (Å²) in [6.45, 7) is 1.65. The van der Waals surface area contributed by atoms with Crippen molar-refractivity contribution in [1.82, 2.24) is 30.8 Å². The van der Waals surface area contributed by atoms with Gasteiger partial charge in [-0.2, -0.15) is 4.68 Å². The van der Waals surface area contributed by atoms with Crippen molar-refractivity contribution >= 4 is 23.7 Å². The molecule has 3 amide bonds. The summed E-state index contributed by atoms with van der Waals surface area (Å²) in [5, 5.41) is 16.2. The number of halogens is 1. The van der Waals surface area contributed by atoms with E-state index >= 15 is 0 Å². The van der Waals surface area contributed by atoms with Gasteiger partial charge >= 0.3 is 6.03 Å². The summed E-state index contributed by atoms with van der Waals surface area (Å²) in [7, 11) is 0. The molecule has 10 heteroatoms. The Balaban J connectivity index is 1.57. The predicted octanol–water partition coefficient (Wildman–Crippen LogP) is 2.44. The number of aromatic nitrogens is 4. The highest BCUT2D eigenvalue weighted by Crippen LogP contribution is 2.23. The van der Waals surface area contributed by atoms with Gasteiger partial charge in [-0.25, -0.2) is 9.18 Å². The molecule has 8 nitrogen and oxygen atoms in total. The van der Waals surface area contributed by atoms with Crippen molar-refractivity contribution in [1.29, 1.82) is 0 Å². The number of tetrazole rings is 1. The molecule has 2 N–H and O–H groups in total. The summed E-state index contributed by atoms with van der Waals surface area (Å²) in [5.74, 6) is -0.855. The molecule has 27 heavy (non-hydrogen) atoms. The fourth-order valence-corrected chi connectivity index (χ4v) is 3.72. The second-order valence-electron chi connectivity index (χ2n) is 6.41. The van der Waals surface area contributed by atoms with Crippen LogP contribution in [0.1, 0.15) is 39.0 Å². The van der Waals surface area contributed by atoms with Crippen LogP contribution in [0.3, 0.4) is 0 Å². The zero-order valence-corrected chi connectivity index (χ0v) is 15.7. The standard InChI is InChI=1S/C17H21FN6O2S/c1-11(15(25)20-16(26)19-13-7-3-2-4-8-13)27-17-21-22-23-24(17)14-9-5-6-12(18)10-14/h5-6,9-11,13H,2-4,7-8H2,1H3,(H2,19,20,25,26)/t11-/m1/s1. The van der Waals surface area contributed by atoms with Crippen molar-refractivity contribution in [3.05, 3.63) is 30.1 Å². The minimum atomic E-state index is -0.611.